The van der Waals surface area contributed by atoms with Gasteiger partial charge in [0.15, 0.2) is 0 Å². The van der Waals surface area contributed by atoms with Crippen LogP contribution in [0.15, 0.2) is 60.0 Å². The Labute approximate surface area is 277 Å². The number of thiazole rings is 1. The quantitative estimate of drug-likeness (QED) is 0.177. The number of hydrogen-bond donors (Lipinski definition) is 0. The zero-order chi connectivity index (χ0) is 30.7. The van der Waals surface area contributed by atoms with Crippen LogP contribution in [-0.2, 0) is 25.8 Å². The van der Waals surface area contributed by atoms with E-state index in [0.717, 1.165) is 16.4 Å². The second kappa shape index (κ2) is 18.4. The molecule has 0 fully saturated rings. The van der Waals surface area contributed by atoms with Crippen molar-refractivity contribution >= 4 is 17.0 Å². The van der Waals surface area contributed by atoms with Crippen LogP contribution >= 0.6 is 11.3 Å². The SMILES string of the molecule is C[N-]C.C[N-]C.Cc1cc(C)c([C@@H]([N-]c2c(C(C)C)cccc2C(C)C)c2nc(-c3ccccc3[O-])cs2)c(C)c1.[Hf+4]. The van der Waals surface area contributed by atoms with Crippen LogP contribution in [0.2, 0.25) is 0 Å². The summed E-state index contributed by atoms with van der Waals surface area (Å²) in [6.45, 7) is 15.4. The van der Waals surface area contributed by atoms with Gasteiger partial charge in [-0.1, -0.05) is 105 Å². The van der Waals surface area contributed by atoms with E-state index in [4.69, 9.17) is 10.3 Å². The van der Waals surface area contributed by atoms with Gasteiger partial charge in [-0.3, -0.25) is 0 Å². The molecule has 0 amide bonds. The number of nitrogens with zero attached hydrogens (tertiary/aromatic N) is 4. The summed E-state index contributed by atoms with van der Waals surface area (Å²) in [4.78, 5) is 4.99. The molecule has 0 unspecified atom stereocenters. The van der Waals surface area contributed by atoms with Gasteiger partial charge in [0.05, 0.1) is 10.7 Å². The number of rotatable bonds is 7. The molecule has 0 bridgehead atoms. The first-order chi connectivity index (χ1) is 19.5. The monoisotopic (exact) mass is 750 g/mol. The molecule has 0 spiro atoms. The van der Waals surface area contributed by atoms with Crippen LogP contribution in [0, 0.1) is 20.8 Å². The molecule has 4 rings (SSSR count). The van der Waals surface area contributed by atoms with Gasteiger partial charge in [-0.15, -0.1) is 17.0 Å². The Morgan fingerprint density at radius 1 is 0.762 bits per heavy atom. The summed E-state index contributed by atoms with van der Waals surface area (Å²) in [5.41, 5.74) is 9.80. The molecule has 0 saturated carbocycles. The number of aryl methyl sites for hydroxylation is 3. The van der Waals surface area contributed by atoms with Crippen molar-refractivity contribution in [1.82, 2.24) is 4.98 Å². The van der Waals surface area contributed by atoms with Crippen molar-refractivity contribution in [1.29, 1.82) is 0 Å². The van der Waals surface area contributed by atoms with E-state index < -0.39 is 0 Å². The van der Waals surface area contributed by atoms with Crippen LogP contribution < -0.4 is 5.11 Å². The number of benzene rings is 3. The molecule has 0 saturated heterocycles. The van der Waals surface area contributed by atoms with Gasteiger partial charge in [0.2, 0.25) is 0 Å². The van der Waals surface area contributed by atoms with Crippen LogP contribution in [0.25, 0.3) is 27.2 Å². The van der Waals surface area contributed by atoms with Gasteiger partial charge in [0.1, 0.15) is 0 Å². The number of hydrogen-bond acceptors (Lipinski definition) is 3. The molecule has 7 heteroatoms. The van der Waals surface area contributed by atoms with Crippen molar-refractivity contribution in [2.24, 2.45) is 0 Å². The van der Waals surface area contributed by atoms with E-state index in [0.29, 0.717) is 17.4 Å². The summed E-state index contributed by atoms with van der Waals surface area (Å²) >= 11 is 1.58. The third-order valence-electron chi connectivity index (χ3n) is 6.53. The summed E-state index contributed by atoms with van der Waals surface area (Å²) in [5, 5.41) is 27.9. The van der Waals surface area contributed by atoms with Crippen LogP contribution in [-0.4, -0.2) is 33.2 Å². The fraction of sp³-hybridized carbons (Fsp3) is 0.400. The number of aromatic nitrogens is 1. The molecule has 0 N–H and O–H groups in total. The van der Waals surface area contributed by atoms with Gasteiger partial charge < -0.3 is 21.1 Å². The van der Waals surface area contributed by atoms with Crippen molar-refractivity contribution in [3.63, 3.8) is 0 Å². The summed E-state index contributed by atoms with van der Waals surface area (Å²) in [5.74, 6) is 0.702. The maximum Gasteiger partial charge on any atom is 4.00 e. The smallest absolute Gasteiger partial charge is 0.872 e. The Kier molecular flexibility index (Phi) is 16.5. The van der Waals surface area contributed by atoms with Crippen LogP contribution in [0.4, 0.5) is 5.69 Å². The van der Waals surface area contributed by atoms with Gasteiger partial charge in [0, 0.05) is 5.38 Å². The summed E-state index contributed by atoms with van der Waals surface area (Å²) in [7, 11) is 7.00. The Balaban J connectivity index is 0.00000116. The molecule has 1 aromatic heterocycles. The molecule has 0 aliphatic carbocycles. The van der Waals surface area contributed by atoms with Crippen molar-refractivity contribution < 1.29 is 30.9 Å². The fourth-order valence-electron chi connectivity index (χ4n) is 4.87. The van der Waals surface area contributed by atoms with Gasteiger partial charge in [-0.2, -0.15) is 28.2 Å². The van der Waals surface area contributed by atoms with Gasteiger partial charge in [-0.25, -0.2) is 4.98 Å². The topological polar surface area (TPSA) is 78.2 Å². The minimum absolute atomic E-state index is 0. The Morgan fingerprint density at radius 2 is 1.26 bits per heavy atom. The molecule has 5 nitrogen and oxygen atoms in total. The molecule has 1 heterocycles. The predicted octanol–water partition coefficient (Wildman–Crippen LogP) is 10.1. The first-order valence-electron chi connectivity index (χ1n) is 14.1. The van der Waals surface area contributed by atoms with E-state index in [-0.39, 0.29) is 37.6 Å². The minimum Gasteiger partial charge on any atom is -0.872 e. The second-order valence-corrected chi connectivity index (χ2v) is 11.8. The summed E-state index contributed by atoms with van der Waals surface area (Å²) < 4.78 is 0. The van der Waals surface area contributed by atoms with Crippen molar-refractivity contribution in [3.05, 3.63) is 114 Å². The third kappa shape index (κ3) is 9.87. The maximum atomic E-state index is 12.5. The molecule has 0 aliphatic rings. The molecule has 0 radical (unpaired) electrons. The molecule has 1 atom stereocenters. The average Bonchev–Trinajstić information content (AvgIpc) is 3.38. The maximum absolute atomic E-state index is 12.5. The van der Waals surface area contributed by atoms with E-state index in [1.54, 1.807) is 51.7 Å². The van der Waals surface area contributed by atoms with Gasteiger partial charge in [0.25, 0.3) is 0 Å². The van der Waals surface area contributed by atoms with Gasteiger partial charge in [-0.05, 0) is 60.9 Å². The summed E-state index contributed by atoms with van der Waals surface area (Å²) in [6, 6.07) is 17.8. The predicted molar refractivity (Wildman–Crippen MR) is 178 cm³/mol. The fourth-order valence-corrected chi connectivity index (χ4v) is 5.73. The molecular formula is C35H46HfN4OS. The Bertz CT molecular complexity index is 1330. The standard InChI is InChI=1S/C31H35N2OS.2C2H6N.Hf/c1-18(2)23-12-10-13-24(19(3)4)29(23)33-30(28-21(6)15-20(5)16-22(28)7)31-32-26(17-35-31)25-11-8-9-14-27(25)34;2*1-3-2;/h8-19,30,34H,1-7H3;2*1-2H3;/q3*-1;+4/p-1/t30-;;;/m1.../s1. The molecule has 3 aromatic carbocycles. The average molecular weight is 749 g/mol. The molecule has 222 valence electrons. The molecule has 42 heavy (non-hydrogen) atoms. The molecule has 4 aromatic rings. The van der Waals surface area contributed by atoms with E-state index in [9.17, 15) is 5.11 Å². The molecular weight excluding hydrogens is 703 g/mol. The second-order valence-electron chi connectivity index (χ2n) is 10.9. The first-order valence-corrected chi connectivity index (χ1v) is 15.0. The van der Waals surface area contributed by atoms with E-state index in [1.165, 1.54) is 33.4 Å². The van der Waals surface area contributed by atoms with E-state index >= 15 is 0 Å². The third-order valence-corrected chi connectivity index (χ3v) is 7.43. The van der Waals surface area contributed by atoms with E-state index in [2.05, 4.69) is 89.4 Å². The Hall–Kier alpha value is -2.32. The van der Waals surface area contributed by atoms with Crippen molar-refractivity contribution in [2.45, 2.75) is 66.3 Å². The van der Waals surface area contributed by atoms with E-state index in [1.807, 2.05) is 17.5 Å². The zero-order valence-electron chi connectivity index (χ0n) is 27.1. The molecule has 0 aliphatic heterocycles. The van der Waals surface area contributed by atoms with Crippen LogP contribution in [0.3, 0.4) is 0 Å². The van der Waals surface area contributed by atoms with Crippen molar-refractivity contribution in [2.75, 3.05) is 28.2 Å². The van der Waals surface area contributed by atoms with Gasteiger partial charge >= 0.3 is 25.8 Å². The zero-order valence-corrected chi connectivity index (χ0v) is 31.5. The van der Waals surface area contributed by atoms with Crippen LogP contribution in [0.5, 0.6) is 5.75 Å². The number of para-hydroxylation sites is 2. The largest absolute Gasteiger partial charge is 4.00 e. The normalized spacial score (nSPS) is 11.2. The minimum atomic E-state index is -0.245. The Morgan fingerprint density at radius 3 is 1.74 bits per heavy atom. The van der Waals surface area contributed by atoms with Crippen LogP contribution in [0.1, 0.15) is 84.0 Å². The van der Waals surface area contributed by atoms with Crippen molar-refractivity contribution in [3.8, 4) is 17.0 Å². The first kappa shape index (κ1) is 37.7. The summed E-state index contributed by atoms with van der Waals surface area (Å²) in [6.07, 6.45) is 0.